The van der Waals surface area contributed by atoms with Crippen molar-refractivity contribution in [1.82, 2.24) is 14.5 Å². The number of likely N-dealkylation sites (tertiary alicyclic amines) is 1. The van der Waals surface area contributed by atoms with Gasteiger partial charge in [-0.1, -0.05) is 12.1 Å². The molecule has 0 spiro atoms. The average Bonchev–Trinajstić information content (AvgIpc) is 2.91. The van der Waals surface area contributed by atoms with Crippen molar-refractivity contribution in [2.45, 2.75) is 18.9 Å². The topological polar surface area (TPSA) is 90.2 Å². The molecule has 4 N–H and O–H groups in total. The molecule has 1 fully saturated rings. The van der Waals surface area contributed by atoms with Crippen molar-refractivity contribution in [2.75, 3.05) is 25.4 Å². The van der Waals surface area contributed by atoms with Crippen molar-refractivity contribution < 1.29 is 0 Å². The van der Waals surface area contributed by atoms with Crippen LogP contribution in [-0.2, 0) is 6.42 Å². The third-order valence-electron chi connectivity index (χ3n) is 4.04. The van der Waals surface area contributed by atoms with E-state index < -0.39 is 0 Å². The van der Waals surface area contributed by atoms with Gasteiger partial charge in [0.2, 0.25) is 0 Å². The van der Waals surface area contributed by atoms with E-state index in [9.17, 15) is 4.79 Å². The van der Waals surface area contributed by atoms with Crippen LogP contribution in [0, 0.1) is 0 Å². The summed E-state index contributed by atoms with van der Waals surface area (Å²) in [5.41, 5.74) is 13.1. The molecule has 1 atom stereocenters. The van der Waals surface area contributed by atoms with E-state index in [2.05, 4.69) is 16.0 Å². The summed E-state index contributed by atoms with van der Waals surface area (Å²) < 4.78 is 1.51. The molecule has 22 heavy (non-hydrogen) atoms. The van der Waals surface area contributed by atoms with Crippen molar-refractivity contribution in [2.24, 2.45) is 5.73 Å². The monoisotopic (exact) mass is 299 g/mol. The van der Waals surface area contributed by atoms with Crippen molar-refractivity contribution in [1.29, 1.82) is 0 Å². The SMILES string of the molecule is Nc1ccn(-c2cccc(CCN3CCC(N)C3)c2)c(=O)n1. The van der Waals surface area contributed by atoms with Crippen LogP contribution in [-0.4, -0.2) is 40.1 Å². The molecular weight excluding hydrogens is 278 g/mol. The van der Waals surface area contributed by atoms with Crippen molar-refractivity contribution in [3.63, 3.8) is 0 Å². The molecule has 0 saturated carbocycles. The summed E-state index contributed by atoms with van der Waals surface area (Å²) in [5, 5.41) is 0. The van der Waals surface area contributed by atoms with E-state index >= 15 is 0 Å². The summed E-state index contributed by atoms with van der Waals surface area (Å²) in [6.07, 6.45) is 3.67. The summed E-state index contributed by atoms with van der Waals surface area (Å²) in [6.45, 7) is 3.04. The second-order valence-electron chi connectivity index (χ2n) is 5.77. The molecule has 0 aliphatic carbocycles. The molecule has 0 radical (unpaired) electrons. The summed E-state index contributed by atoms with van der Waals surface area (Å²) in [6, 6.07) is 9.90. The molecule has 6 nitrogen and oxygen atoms in total. The van der Waals surface area contributed by atoms with E-state index in [-0.39, 0.29) is 11.5 Å². The Morgan fingerprint density at radius 3 is 2.91 bits per heavy atom. The van der Waals surface area contributed by atoms with Crippen LogP contribution in [0.4, 0.5) is 5.82 Å². The van der Waals surface area contributed by atoms with Crippen LogP contribution in [0.3, 0.4) is 0 Å². The number of nitrogens with zero attached hydrogens (tertiary/aromatic N) is 3. The maximum atomic E-state index is 11.9. The highest BCUT2D eigenvalue weighted by atomic mass is 16.1. The smallest absolute Gasteiger partial charge is 0.354 e. The Labute approximate surface area is 129 Å². The number of benzene rings is 1. The summed E-state index contributed by atoms with van der Waals surface area (Å²) in [4.78, 5) is 18.0. The van der Waals surface area contributed by atoms with Gasteiger partial charge < -0.3 is 16.4 Å². The summed E-state index contributed by atoms with van der Waals surface area (Å²) in [5.74, 6) is 0.239. The minimum atomic E-state index is -0.359. The van der Waals surface area contributed by atoms with Crippen LogP contribution in [0.25, 0.3) is 5.69 Å². The molecule has 3 rings (SSSR count). The Morgan fingerprint density at radius 2 is 2.18 bits per heavy atom. The average molecular weight is 299 g/mol. The second kappa shape index (κ2) is 6.29. The Morgan fingerprint density at radius 1 is 1.32 bits per heavy atom. The minimum Gasteiger partial charge on any atom is -0.383 e. The number of hydrogen-bond donors (Lipinski definition) is 2. The van der Waals surface area contributed by atoms with Gasteiger partial charge >= 0.3 is 5.69 Å². The lowest BCUT2D eigenvalue weighted by Crippen LogP contribution is -2.28. The van der Waals surface area contributed by atoms with Crippen molar-refractivity contribution >= 4 is 5.82 Å². The summed E-state index contributed by atoms with van der Waals surface area (Å²) in [7, 11) is 0. The normalized spacial score (nSPS) is 18.7. The van der Waals surface area contributed by atoms with Crippen LogP contribution in [0.15, 0.2) is 41.3 Å². The van der Waals surface area contributed by atoms with Gasteiger partial charge in [-0.3, -0.25) is 4.57 Å². The first-order chi connectivity index (χ1) is 10.6. The molecule has 0 amide bonds. The lowest BCUT2D eigenvalue weighted by Gasteiger charge is -2.15. The molecular formula is C16H21N5O. The Bertz CT molecular complexity index is 712. The highest BCUT2D eigenvalue weighted by molar-refractivity contribution is 5.37. The van der Waals surface area contributed by atoms with Gasteiger partial charge in [-0.2, -0.15) is 4.98 Å². The van der Waals surface area contributed by atoms with Gasteiger partial charge in [0, 0.05) is 25.3 Å². The Hall–Kier alpha value is -2.18. The fourth-order valence-electron chi connectivity index (χ4n) is 2.83. The number of anilines is 1. The van der Waals surface area contributed by atoms with E-state index in [0.29, 0.717) is 6.04 Å². The molecule has 0 bridgehead atoms. The molecule has 2 aromatic rings. The molecule has 2 heterocycles. The Kier molecular flexibility index (Phi) is 4.22. The first-order valence-electron chi connectivity index (χ1n) is 7.54. The zero-order chi connectivity index (χ0) is 15.5. The minimum absolute atomic E-state index is 0.239. The lowest BCUT2D eigenvalue weighted by atomic mass is 10.1. The van der Waals surface area contributed by atoms with Crippen molar-refractivity contribution in [3.8, 4) is 5.69 Å². The molecule has 1 aliphatic rings. The zero-order valence-electron chi connectivity index (χ0n) is 12.5. The number of rotatable bonds is 4. The highest BCUT2D eigenvalue weighted by Crippen LogP contribution is 2.12. The van der Waals surface area contributed by atoms with Crippen molar-refractivity contribution in [3.05, 3.63) is 52.6 Å². The highest BCUT2D eigenvalue weighted by Gasteiger charge is 2.18. The molecule has 1 aromatic carbocycles. The van der Waals surface area contributed by atoms with E-state index in [0.717, 1.165) is 38.2 Å². The molecule has 116 valence electrons. The first-order valence-corrected chi connectivity index (χ1v) is 7.54. The maximum Gasteiger partial charge on any atom is 0.354 e. The maximum absolute atomic E-state index is 11.9. The van der Waals surface area contributed by atoms with Crippen LogP contribution in [0.1, 0.15) is 12.0 Å². The fraction of sp³-hybridized carbons (Fsp3) is 0.375. The largest absolute Gasteiger partial charge is 0.383 e. The van der Waals surface area contributed by atoms with E-state index in [1.807, 2.05) is 18.2 Å². The third-order valence-corrected chi connectivity index (χ3v) is 4.04. The van der Waals surface area contributed by atoms with Gasteiger partial charge in [0.15, 0.2) is 0 Å². The van der Waals surface area contributed by atoms with E-state index in [1.165, 1.54) is 10.1 Å². The summed E-state index contributed by atoms with van der Waals surface area (Å²) >= 11 is 0. The fourth-order valence-corrected chi connectivity index (χ4v) is 2.83. The Balaban J connectivity index is 1.73. The predicted octanol–water partition coefficient (Wildman–Crippen LogP) is 0.390. The second-order valence-corrected chi connectivity index (χ2v) is 5.77. The van der Waals surface area contributed by atoms with Gasteiger partial charge in [-0.05, 0) is 43.1 Å². The van der Waals surface area contributed by atoms with Crippen LogP contribution in [0.5, 0.6) is 0 Å². The van der Waals surface area contributed by atoms with Crippen LogP contribution < -0.4 is 17.2 Å². The van der Waals surface area contributed by atoms with Gasteiger partial charge in [0.05, 0.1) is 5.69 Å². The predicted molar refractivity (Wildman–Crippen MR) is 87.0 cm³/mol. The zero-order valence-corrected chi connectivity index (χ0v) is 12.5. The first kappa shape index (κ1) is 14.7. The van der Waals surface area contributed by atoms with E-state index in [4.69, 9.17) is 11.5 Å². The van der Waals surface area contributed by atoms with Gasteiger partial charge in [0.25, 0.3) is 0 Å². The number of hydrogen-bond acceptors (Lipinski definition) is 5. The van der Waals surface area contributed by atoms with Crippen LogP contribution in [0.2, 0.25) is 0 Å². The standard InChI is InChI=1S/C16H21N5O/c17-13-5-8-20(11-13)7-4-12-2-1-3-14(10-12)21-9-6-15(18)19-16(21)22/h1-3,6,9-10,13H,4-5,7-8,11,17H2,(H2,18,19,22). The molecule has 1 aromatic heterocycles. The number of nitrogen functional groups attached to an aromatic ring is 1. The lowest BCUT2D eigenvalue weighted by molar-refractivity contribution is 0.339. The van der Waals surface area contributed by atoms with Gasteiger partial charge in [-0.25, -0.2) is 4.79 Å². The molecule has 1 saturated heterocycles. The van der Waals surface area contributed by atoms with Gasteiger partial charge in [-0.15, -0.1) is 0 Å². The number of aromatic nitrogens is 2. The third kappa shape index (κ3) is 3.35. The molecule has 1 unspecified atom stereocenters. The van der Waals surface area contributed by atoms with Gasteiger partial charge in [0.1, 0.15) is 5.82 Å². The number of nitrogens with two attached hydrogens (primary N) is 2. The molecule has 6 heteroatoms. The van der Waals surface area contributed by atoms with Crippen LogP contribution >= 0.6 is 0 Å². The molecule has 1 aliphatic heterocycles. The quantitative estimate of drug-likeness (QED) is 0.852. The van der Waals surface area contributed by atoms with E-state index in [1.54, 1.807) is 12.3 Å².